The molecule has 4 nitrogen and oxygen atoms in total. The highest BCUT2D eigenvalue weighted by atomic mass is 16.5. The highest BCUT2D eigenvalue weighted by Gasteiger charge is 2.44. The average molecular weight is 210 g/mol. The van der Waals surface area contributed by atoms with E-state index in [1.54, 1.807) is 0 Å². The Morgan fingerprint density at radius 1 is 1.53 bits per heavy atom. The molecule has 4 atom stereocenters. The van der Waals surface area contributed by atoms with Crippen molar-refractivity contribution in [3.63, 3.8) is 0 Å². The molecule has 15 heavy (non-hydrogen) atoms. The molecule has 0 unspecified atom stereocenters. The number of methoxy groups -OCH3 is 1. The van der Waals surface area contributed by atoms with Crippen LogP contribution >= 0.6 is 0 Å². The molecule has 0 aromatic carbocycles. The smallest absolute Gasteiger partial charge is 0.312 e. The average Bonchev–Trinajstić information content (AvgIpc) is 2.60. The molecule has 1 aliphatic heterocycles. The molecule has 1 saturated heterocycles. The van der Waals surface area contributed by atoms with E-state index in [-0.39, 0.29) is 35.8 Å². The van der Waals surface area contributed by atoms with Crippen molar-refractivity contribution in [1.29, 1.82) is 0 Å². The Kier molecular flexibility index (Phi) is 2.50. The van der Waals surface area contributed by atoms with Crippen molar-refractivity contribution < 1.29 is 19.1 Å². The molecular weight excluding hydrogens is 196 g/mol. The van der Waals surface area contributed by atoms with Crippen LogP contribution in [0.1, 0.15) is 13.3 Å². The zero-order valence-corrected chi connectivity index (χ0v) is 8.80. The van der Waals surface area contributed by atoms with E-state index in [2.05, 4.69) is 0 Å². The number of rotatable bonds is 1. The second-order valence-electron chi connectivity index (χ2n) is 4.07. The molecule has 0 spiro atoms. The van der Waals surface area contributed by atoms with Crippen molar-refractivity contribution >= 4 is 11.9 Å². The maximum atomic E-state index is 11.5. The Morgan fingerprint density at radius 3 is 2.93 bits per heavy atom. The summed E-state index contributed by atoms with van der Waals surface area (Å²) in [6.07, 6.45) is 3.97. The van der Waals surface area contributed by atoms with E-state index in [4.69, 9.17) is 9.47 Å². The van der Waals surface area contributed by atoms with Gasteiger partial charge in [0, 0.05) is 5.92 Å². The van der Waals surface area contributed by atoms with Crippen LogP contribution in [0.2, 0.25) is 0 Å². The standard InChI is InChI=1S/C11H14O4/c1-6-7-3-4-8(11(13)14-2)9(7)5-10(12)15-6/h3-4,6-9H,5H2,1-2H3/t6-,7+,8+,9-/m0/s1. The number of cyclic esters (lactones) is 1. The van der Waals surface area contributed by atoms with Gasteiger partial charge >= 0.3 is 11.9 Å². The molecule has 0 aromatic heterocycles. The summed E-state index contributed by atoms with van der Waals surface area (Å²) in [5, 5.41) is 0. The van der Waals surface area contributed by atoms with Gasteiger partial charge in [0.05, 0.1) is 19.4 Å². The monoisotopic (exact) mass is 210 g/mol. The van der Waals surface area contributed by atoms with E-state index in [0.29, 0.717) is 6.42 Å². The molecule has 0 saturated carbocycles. The number of carbonyl (C=O) groups is 2. The quantitative estimate of drug-likeness (QED) is 0.477. The lowest BCUT2D eigenvalue weighted by Gasteiger charge is -2.32. The Hall–Kier alpha value is -1.32. The van der Waals surface area contributed by atoms with Gasteiger partial charge in [-0.1, -0.05) is 12.2 Å². The summed E-state index contributed by atoms with van der Waals surface area (Å²) < 4.78 is 9.83. The summed E-state index contributed by atoms with van der Waals surface area (Å²) in [6.45, 7) is 1.86. The van der Waals surface area contributed by atoms with Gasteiger partial charge in [-0.05, 0) is 12.8 Å². The maximum Gasteiger partial charge on any atom is 0.312 e. The third kappa shape index (κ3) is 1.64. The number of ether oxygens (including phenoxy) is 2. The van der Waals surface area contributed by atoms with Gasteiger partial charge in [-0.3, -0.25) is 9.59 Å². The maximum absolute atomic E-state index is 11.5. The molecule has 0 N–H and O–H groups in total. The molecule has 1 aliphatic carbocycles. The summed E-state index contributed by atoms with van der Waals surface area (Å²) in [4.78, 5) is 22.7. The van der Waals surface area contributed by atoms with Gasteiger partial charge in [0.25, 0.3) is 0 Å². The van der Waals surface area contributed by atoms with Gasteiger partial charge in [0.1, 0.15) is 6.10 Å². The van der Waals surface area contributed by atoms with Crippen LogP contribution < -0.4 is 0 Å². The Labute approximate surface area is 88.2 Å². The minimum atomic E-state index is -0.282. The van der Waals surface area contributed by atoms with E-state index in [1.165, 1.54) is 7.11 Å². The molecule has 4 heteroatoms. The minimum absolute atomic E-state index is 0.0219. The first-order chi connectivity index (χ1) is 7.13. The van der Waals surface area contributed by atoms with Crippen molar-refractivity contribution in [2.75, 3.05) is 7.11 Å². The molecule has 0 amide bonds. The van der Waals surface area contributed by atoms with Crippen LogP contribution in [0.15, 0.2) is 12.2 Å². The minimum Gasteiger partial charge on any atom is -0.469 e. The van der Waals surface area contributed by atoms with Crippen LogP contribution in [0.3, 0.4) is 0 Å². The van der Waals surface area contributed by atoms with Gasteiger partial charge < -0.3 is 9.47 Å². The largest absolute Gasteiger partial charge is 0.469 e. The van der Waals surface area contributed by atoms with Crippen molar-refractivity contribution in [3.8, 4) is 0 Å². The zero-order valence-electron chi connectivity index (χ0n) is 8.80. The summed E-state index contributed by atoms with van der Waals surface area (Å²) in [6, 6.07) is 0. The lowest BCUT2D eigenvalue weighted by molar-refractivity contribution is -0.162. The number of fused-ring (bicyclic) bond motifs is 1. The van der Waals surface area contributed by atoms with E-state index in [1.807, 2.05) is 19.1 Å². The van der Waals surface area contributed by atoms with Crippen LogP contribution in [0.4, 0.5) is 0 Å². The molecule has 0 aromatic rings. The van der Waals surface area contributed by atoms with Crippen molar-refractivity contribution in [2.24, 2.45) is 17.8 Å². The van der Waals surface area contributed by atoms with Crippen LogP contribution in [0, 0.1) is 17.8 Å². The SMILES string of the molecule is COC(=O)[C@@H]1C=C[C@H]2[C@@H]1CC(=O)O[C@H]2C. The first-order valence-corrected chi connectivity index (χ1v) is 5.09. The van der Waals surface area contributed by atoms with Crippen LogP contribution in [-0.4, -0.2) is 25.2 Å². The van der Waals surface area contributed by atoms with E-state index >= 15 is 0 Å². The molecule has 82 valence electrons. The van der Waals surface area contributed by atoms with Crippen LogP contribution in [-0.2, 0) is 19.1 Å². The fourth-order valence-electron chi connectivity index (χ4n) is 2.46. The number of hydrogen-bond acceptors (Lipinski definition) is 4. The van der Waals surface area contributed by atoms with E-state index in [0.717, 1.165) is 0 Å². The van der Waals surface area contributed by atoms with Crippen molar-refractivity contribution in [2.45, 2.75) is 19.4 Å². The summed E-state index contributed by atoms with van der Waals surface area (Å²) in [7, 11) is 1.37. The van der Waals surface area contributed by atoms with Crippen LogP contribution in [0.5, 0.6) is 0 Å². The number of carbonyl (C=O) groups excluding carboxylic acids is 2. The van der Waals surface area contributed by atoms with Gasteiger partial charge in [-0.15, -0.1) is 0 Å². The Morgan fingerprint density at radius 2 is 2.27 bits per heavy atom. The van der Waals surface area contributed by atoms with Crippen molar-refractivity contribution in [1.82, 2.24) is 0 Å². The second kappa shape index (κ2) is 3.68. The fraction of sp³-hybridized carbons (Fsp3) is 0.636. The summed E-state index contributed by atoms with van der Waals surface area (Å²) in [5.41, 5.74) is 0. The predicted molar refractivity (Wildman–Crippen MR) is 51.8 cm³/mol. The molecule has 1 heterocycles. The molecule has 1 fully saturated rings. The highest BCUT2D eigenvalue weighted by molar-refractivity contribution is 5.78. The first kappa shape index (κ1) is 10.2. The Bertz CT molecular complexity index is 321. The normalized spacial score (nSPS) is 38.4. The van der Waals surface area contributed by atoms with Crippen LogP contribution in [0.25, 0.3) is 0 Å². The van der Waals surface area contributed by atoms with E-state index in [9.17, 15) is 9.59 Å². The summed E-state index contributed by atoms with van der Waals surface area (Å²) >= 11 is 0. The molecule has 0 bridgehead atoms. The predicted octanol–water partition coefficient (Wildman–Crippen LogP) is 0.913. The lowest BCUT2D eigenvalue weighted by atomic mass is 9.81. The highest BCUT2D eigenvalue weighted by Crippen LogP contribution is 2.40. The molecule has 2 rings (SSSR count). The first-order valence-electron chi connectivity index (χ1n) is 5.09. The Balaban J connectivity index is 2.17. The number of esters is 2. The molecular formula is C11H14O4. The van der Waals surface area contributed by atoms with Gasteiger partial charge in [0.15, 0.2) is 0 Å². The van der Waals surface area contributed by atoms with Gasteiger partial charge in [0.2, 0.25) is 0 Å². The summed E-state index contributed by atoms with van der Waals surface area (Å²) in [5.74, 6) is -0.585. The second-order valence-corrected chi connectivity index (χ2v) is 4.07. The topological polar surface area (TPSA) is 52.6 Å². The third-order valence-corrected chi connectivity index (χ3v) is 3.23. The zero-order chi connectivity index (χ0) is 11.0. The number of hydrogen-bond donors (Lipinski definition) is 0. The van der Waals surface area contributed by atoms with Gasteiger partial charge in [-0.2, -0.15) is 0 Å². The third-order valence-electron chi connectivity index (χ3n) is 3.23. The van der Waals surface area contributed by atoms with Gasteiger partial charge in [-0.25, -0.2) is 0 Å². The van der Waals surface area contributed by atoms with Crippen molar-refractivity contribution in [3.05, 3.63) is 12.2 Å². The molecule has 0 radical (unpaired) electrons. The van der Waals surface area contributed by atoms with E-state index < -0.39 is 0 Å². The fourth-order valence-corrected chi connectivity index (χ4v) is 2.46. The lowest BCUT2D eigenvalue weighted by Crippen LogP contribution is -2.38. The molecule has 2 aliphatic rings.